The number of carbonyl (C=O) groups is 1. The Morgan fingerprint density at radius 1 is 1.19 bits per heavy atom. The molecule has 6 heteroatoms. The van der Waals surface area contributed by atoms with E-state index in [4.69, 9.17) is 4.98 Å². The lowest BCUT2D eigenvalue weighted by molar-refractivity contribution is -0.137. The summed E-state index contributed by atoms with van der Waals surface area (Å²) in [5.41, 5.74) is 1.23. The molecule has 0 unspecified atom stereocenters. The summed E-state index contributed by atoms with van der Waals surface area (Å²) in [5.74, 6) is 1.52. The molecule has 1 saturated carbocycles. The van der Waals surface area contributed by atoms with Crippen molar-refractivity contribution in [3.63, 3.8) is 0 Å². The first kappa shape index (κ1) is 17.5. The van der Waals surface area contributed by atoms with Gasteiger partial charge in [-0.3, -0.25) is 4.79 Å². The van der Waals surface area contributed by atoms with Gasteiger partial charge in [0.15, 0.2) is 0 Å². The van der Waals surface area contributed by atoms with Crippen LogP contribution in [0.4, 0.5) is 5.13 Å². The fourth-order valence-electron chi connectivity index (χ4n) is 4.09. The van der Waals surface area contributed by atoms with Crippen molar-refractivity contribution in [2.45, 2.75) is 45.1 Å². The minimum absolute atomic E-state index is 0.235. The number of piperazine rings is 1. The van der Waals surface area contributed by atoms with Crippen LogP contribution in [-0.2, 0) is 11.2 Å². The van der Waals surface area contributed by atoms with E-state index in [9.17, 15) is 4.79 Å². The highest BCUT2D eigenvalue weighted by Gasteiger charge is 2.33. The Labute approximate surface area is 159 Å². The van der Waals surface area contributed by atoms with E-state index in [1.54, 1.807) is 0 Å². The predicted molar refractivity (Wildman–Crippen MR) is 105 cm³/mol. The van der Waals surface area contributed by atoms with E-state index >= 15 is 0 Å². The Morgan fingerprint density at radius 2 is 1.96 bits per heavy atom. The molecule has 1 saturated heterocycles. The third kappa shape index (κ3) is 3.75. The molecule has 2 aliphatic rings. The molecule has 138 valence electrons. The zero-order valence-corrected chi connectivity index (χ0v) is 16.1. The number of hydrogen-bond donors (Lipinski definition) is 0. The van der Waals surface area contributed by atoms with Crippen LogP contribution in [0.1, 0.15) is 44.0 Å². The topological polar surface area (TPSA) is 49.3 Å². The van der Waals surface area contributed by atoms with E-state index in [2.05, 4.69) is 33.2 Å². The summed E-state index contributed by atoms with van der Waals surface area (Å²) in [4.78, 5) is 21.9. The summed E-state index contributed by atoms with van der Waals surface area (Å²) < 4.78 is 4.54. The largest absolute Gasteiger partial charge is 0.343 e. The van der Waals surface area contributed by atoms with Crippen LogP contribution in [0.25, 0.3) is 0 Å². The zero-order valence-electron chi connectivity index (χ0n) is 15.3. The maximum Gasteiger partial charge on any atom is 0.226 e. The average Bonchev–Trinajstić information content (AvgIpc) is 3.34. The number of carbonyl (C=O) groups excluding carboxylic acids is 1. The van der Waals surface area contributed by atoms with Crippen molar-refractivity contribution >= 4 is 22.6 Å². The van der Waals surface area contributed by atoms with E-state index in [-0.39, 0.29) is 12.0 Å². The number of rotatable bonds is 4. The number of amides is 1. The second-order valence-corrected chi connectivity index (χ2v) is 8.19. The van der Waals surface area contributed by atoms with Crippen LogP contribution in [0.3, 0.4) is 0 Å². The molecule has 1 aliphatic heterocycles. The summed E-state index contributed by atoms with van der Waals surface area (Å²) in [6.45, 7) is 4.65. The Balaban J connectivity index is 1.37. The number of anilines is 1. The van der Waals surface area contributed by atoms with Gasteiger partial charge in [-0.1, -0.05) is 43.2 Å². The van der Waals surface area contributed by atoms with E-state index in [0.717, 1.165) is 49.9 Å². The highest BCUT2D eigenvalue weighted by Crippen LogP contribution is 2.29. The molecule has 0 radical (unpaired) electrons. The van der Waals surface area contributed by atoms with Crippen molar-refractivity contribution in [1.82, 2.24) is 14.3 Å². The van der Waals surface area contributed by atoms with Gasteiger partial charge in [0.2, 0.25) is 11.0 Å². The standard InChI is InChI=1S/C20H26N4OS/c1-15-14-23(11-12-24(15)19(25)17-9-5-6-10-17)20-21-18(22-26-20)13-16-7-3-2-4-8-16/h2-4,7-8,15,17H,5-6,9-14H2,1H3/t15-/m1/s1. The Morgan fingerprint density at radius 3 is 2.69 bits per heavy atom. The molecule has 2 heterocycles. The summed E-state index contributed by atoms with van der Waals surface area (Å²) in [7, 11) is 0. The molecule has 1 aromatic heterocycles. The van der Waals surface area contributed by atoms with Gasteiger partial charge in [0.05, 0.1) is 0 Å². The van der Waals surface area contributed by atoms with Crippen molar-refractivity contribution < 1.29 is 4.79 Å². The van der Waals surface area contributed by atoms with Gasteiger partial charge in [-0.25, -0.2) is 4.98 Å². The van der Waals surface area contributed by atoms with E-state index in [1.165, 1.54) is 29.9 Å². The molecular weight excluding hydrogens is 344 g/mol. The molecule has 1 amide bonds. The smallest absolute Gasteiger partial charge is 0.226 e. The van der Waals surface area contributed by atoms with Crippen LogP contribution in [0.2, 0.25) is 0 Å². The van der Waals surface area contributed by atoms with Crippen LogP contribution in [0.15, 0.2) is 30.3 Å². The molecule has 2 aromatic rings. The van der Waals surface area contributed by atoms with Crippen molar-refractivity contribution in [1.29, 1.82) is 0 Å². The van der Waals surface area contributed by atoms with Crippen molar-refractivity contribution in [2.75, 3.05) is 24.5 Å². The Bertz CT molecular complexity index is 741. The fourth-order valence-corrected chi connectivity index (χ4v) is 4.81. The van der Waals surface area contributed by atoms with Gasteiger partial charge in [0, 0.05) is 49.5 Å². The van der Waals surface area contributed by atoms with Crippen molar-refractivity contribution in [3.05, 3.63) is 41.7 Å². The van der Waals surface area contributed by atoms with Crippen molar-refractivity contribution in [3.8, 4) is 0 Å². The van der Waals surface area contributed by atoms with Crippen LogP contribution in [-0.4, -0.2) is 45.8 Å². The van der Waals surface area contributed by atoms with Gasteiger partial charge in [-0.2, -0.15) is 4.37 Å². The summed E-state index contributed by atoms with van der Waals surface area (Å²) in [6, 6.07) is 10.6. The molecule has 5 nitrogen and oxygen atoms in total. The third-order valence-corrected chi connectivity index (χ3v) is 6.36. The maximum absolute atomic E-state index is 12.7. The molecular formula is C20H26N4OS. The molecule has 1 aliphatic carbocycles. The fraction of sp³-hybridized carbons (Fsp3) is 0.550. The lowest BCUT2D eigenvalue weighted by Gasteiger charge is -2.40. The van der Waals surface area contributed by atoms with Gasteiger partial charge in [0.1, 0.15) is 5.82 Å². The second kappa shape index (κ2) is 7.74. The molecule has 0 N–H and O–H groups in total. The monoisotopic (exact) mass is 370 g/mol. The third-order valence-electron chi connectivity index (χ3n) is 5.55. The van der Waals surface area contributed by atoms with Crippen LogP contribution in [0, 0.1) is 5.92 Å². The van der Waals surface area contributed by atoms with Crippen LogP contribution >= 0.6 is 11.5 Å². The number of aromatic nitrogens is 2. The lowest BCUT2D eigenvalue weighted by Crippen LogP contribution is -2.55. The molecule has 0 bridgehead atoms. The first-order chi connectivity index (χ1) is 12.7. The second-order valence-electron chi connectivity index (χ2n) is 7.46. The molecule has 1 aromatic carbocycles. The quantitative estimate of drug-likeness (QED) is 0.828. The first-order valence-corrected chi connectivity index (χ1v) is 10.4. The Hall–Kier alpha value is -1.95. The van der Waals surface area contributed by atoms with Crippen molar-refractivity contribution in [2.24, 2.45) is 5.92 Å². The predicted octanol–water partition coefficient (Wildman–Crippen LogP) is 3.36. The number of hydrogen-bond acceptors (Lipinski definition) is 5. The van der Waals surface area contributed by atoms with Crippen LogP contribution < -0.4 is 4.90 Å². The number of nitrogens with zero attached hydrogens (tertiary/aromatic N) is 4. The van der Waals surface area contributed by atoms with E-state index in [0.29, 0.717) is 5.91 Å². The minimum atomic E-state index is 0.235. The maximum atomic E-state index is 12.7. The molecule has 26 heavy (non-hydrogen) atoms. The van der Waals surface area contributed by atoms with Crippen LogP contribution in [0.5, 0.6) is 0 Å². The van der Waals surface area contributed by atoms with E-state index in [1.807, 2.05) is 18.2 Å². The van der Waals surface area contributed by atoms with Gasteiger partial charge in [-0.15, -0.1) is 0 Å². The highest BCUT2D eigenvalue weighted by molar-refractivity contribution is 7.09. The summed E-state index contributed by atoms with van der Waals surface area (Å²) >= 11 is 1.47. The van der Waals surface area contributed by atoms with Gasteiger partial charge >= 0.3 is 0 Å². The SMILES string of the molecule is C[C@@H]1CN(c2nc(Cc3ccccc3)ns2)CCN1C(=O)C1CCCC1. The van der Waals surface area contributed by atoms with Gasteiger partial charge < -0.3 is 9.80 Å². The number of benzene rings is 1. The molecule has 0 spiro atoms. The van der Waals surface area contributed by atoms with E-state index < -0.39 is 0 Å². The molecule has 4 rings (SSSR count). The first-order valence-electron chi connectivity index (χ1n) is 9.62. The van der Waals surface area contributed by atoms with Gasteiger partial charge in [0.25, 0.3) is 0 Å². The Kier molecular flexibility index (Phi) is 5.20. The normalized spacial score (nSPS) is 21.3. The van der Waals surface area contributed by atoms with Gasteiger partial charge in [-0.05, 0) is 25.3 Å². The minimum Gasteiger partial charge on any atom is -0.343 e. The zero-order chi connectivity index (χ0) is 17.9. The average molecular weight is 371 g/mol. The highest BCUT2D eigenvalue weighted by atomic mass is 32.1. The molecule has 1 atom stereocenters. The summed E-state index contributed by atoms with van der Waals surface area (Å²) in [5, 5.41) is 0.982. The molecule has 2 fully saturated rings. The lowest BCUT2D eigenvalue weighted by atomic mass is 10.0. The summed E-state index contributed by atoms with van der Waals surface area (Å²) in [6.07, 6.45) is 5.34.